The molecule has 2 N–H and O–H groups in total. The standard InChI is InChI=1S/C20H25N3O3S/c1-3-5-10-22-19(25)13-27-20-17(12-21)16(11-18(24)23-20)14-6-8-15(9-7-14)26-4-2/h6-9,16H,3-5,10-11,13H2,1-2H3,(H,22,25)(H,23,24)/t16-/m1/s1. The molecule has 0 bridgehead atoms. The molecule has 1 atom stereocenters. The number of hydrogen-bond donors (Lipinski definition) is 2. The van der Waals surface area contributed by atoms with Gasteiger partial charge in [0.25, 0.3) is 0 Å². The van der Waals surface area contributed by atoms with Gasteiger partial charge in [-0.2, -0.15) is 5.26 Å². The summed E-state index contributed by atoms with van der Waals surface area (Å²) >= 11 is 1.20. The van der Waals surface area contributed by atoms with Crippen LogP contribution >= 0.6 is 11.8 Å². The lowest BCUT2D eigenvalue weighted by Crippen LogP contribution is -2.32. The number of thioether (sulfide) groups is 1. The van der Waals surface area contributed by atoms with Gasteiger partial charge in [0.2, 0.25) is 11.8 Å². The van der Waals surface area contributed by atoms with Gasteiger partial charge in [0.15, 0.2) is 0 Å². The highest BCUT2D eigenvalue weighted by molar-refractivity contribution is 8.03. The molecule has 0 radical (unpaired) electrons. The summed E-state index contributed by atoms with van der Waals surface area (Å²) in [6.07, 6.45) is 2.15. The number of carbonyl (C=O) groups excluding carboxylic acids is 2. The zero-order valence-electron chi connectivity index (χ0n) is 15.7. The molecule has 2 amide bonds. The predicted molar refractivity (Wildman–Crippen MR) is 106 cm³/mol. The first-order chi connectivity index (χ1) is 13.1. The molecule has 0 saturated heterocycles. The lowest BCUT2D eigenvalue weighted by atomic mass is 9.87. The molecule has 0 unspecified atom stereocenters. The van der Waals surface area contributed by atoms with Gasteiger partial charge in [0, 0.05) is 18.9 Å². The second-order valence-electron chi connectivity index (χ2n) is 6.15. The number of ether oxygens (including phenoxy) is 1. The zero-order chi connectivity index (χ0) is 19.6. The summed E-state index contributed by atoms with van der Waals surface area (Å²) in [5, 5.41) is 15.7. The Morgan fingerprint density at radius 1 is 1.37 bits per heavy atom. The van der Waals surface area contributed by atoms with Crippen LogP contribution in [0.4, 0.5) is 0 Å². The Morgan fingerprint density at radius 3 is 2.74 bits per heavy atom. The predicted octanol–water partition coefficient (Wildman–Crippen LogP) is 3.07. The average molecular weight is 388 g/mol. The topological polar surface area (TPSA) is 91.2 Å². The minimum Gasteiger partial charge on any atom is -0.494 e. The third-order valence-electron chi connectivity index (χ3n) is 4.15. The Labute approximate surface area is 164 Å². The van der Waals surface area contributed by atoms with E-state index in [4.69, 9.17) is 4.74 Å². The lowest BCUT2D eigenvalue weighted by Gasteiger charge is -2.25. The number of benzene rings is 1. The van der Waals surface area contributed by atoms with Crippen molar-refractivity contribution in [3.63, 3.8) is 0 Å². The van der Waals surface area contributed by atoms with Crippen molar-refractivity contribution in [2.24, 2.45) is 0 Å². The first-order valence-corrected chi connectivity index (χ1v) is 10.1. The average Bonchev–Trinajstić information content (AvgIpc) is 2.67. The highest BCUT2D eigenvalue weighted by Crippen LogP contribution is 2.36. The highest BCUT2D eigenvalue weighted by atomic mass is 32.2. The minimum absolute atomic E-state index is 0.101. The molecule has 1 aromatic rings. The van der Waals surface area contributed by atoms with Crippen molar-refractivity contribution in [2.45, 2.75) is 39.0 Å². The van der Waals surface area contributed by atoms with E-state index in [-0.39, 0.29) is 29.9 Å². The molecular formula is C20H25N3O3S. The maximum atomic E-state index is 12.2. The van der Waals surface area contributed by atoms with Gasteiger partial charge < -0.3 is 15.4 Å². The number of nitrogens with zero attached hydrogens (tertiary/aromatic N) is 1. The van der Waals surface area contributed by atoms with Crippen LogP contribution in [-0.4, -0.2) is 30.7 Å². The lowest BCUT2D eigenvalue weighted by molar-refractivity contribution is -0.121. The molecule has 0 saturated carbocycles. The van der Waals surface area contributed by atoms with E-state index >= 15 is 0 Å². The second kappa shape index (κ2) is 10.6. The van der Waals surface area contributed by atoms with Crippen LogP contribution in [0.2, 0.25) is 0 Å². The Hall–Kier alpha value is -2.46. The normalized spacial score (nSPS) is 16.5. The zero-order valence-corrected chi connectivity index (χ0v) is 16.5. The summed E-state index contributed by atoms with van der Waals surface area (Å²) in [7, 11) is 0. The molecule has 1 aliphatic rings. The molecular weight excluding hydrogens is 362 g/mol. The summed E-state index contributed by atoms with van der Waals surface area (Å²) in [5.74, 6) is 0.352. The van der Waals surface area contributed by atoms with E-state index in [9.17, 15) is 14.9 Å². The van der Waals surface area contributed by atoms with E-state index < -0.39 is 0 Å². The fourth-order valence-corrected chi connectivity index (χ4v) is 3.68. The van der Waals surface area contributed by atoms with Crippen LogP contribution in [0.3, 0.4) is 0 Å². The van der Waals surface area contributed by atoms with Crippen molar-refractivity contribution in [1.82, 2.24) is 10.6 Å². The summed E-state index contributed by atoms with van der Waals surface area (Å²) in [4.78, 5) is 24.1. The van der Waals surface area contributed by atoms with Crippen molar-refractivity contribution in [1.29, 1.82) is 5.26 Å². The van der Waals surface area contributed by atoms with Gasteiger partial charge in [-0.05, 0) is 31.0 Å². The molecule has 144 valence electrons. The van der Waals surface area contributed by atoms with Crippen LogP contribution in [0, 0.1) is 11.3 Å². The number of amides is 2. The van der Waals surface area contributed by atoms with Crippen molar-refractivity contribution >= 4 is 23.6 Å². The number of allylic oxidation sites excluding steroid dienone is 1. The minimum atomic E-state index is -0.315. The molecule has 1 heterocycles. The smallest absolute Gasteiger partial charge is 0.230 e. The number of nitriles is 1. The molecule has 1 aromatic carbocycles. The van der Waals surface area contributed by atoms with Gasteiger partial charge in [-0.15, -0.1) is 0 Å². The summed E-state index contributed by atoms with van der Waals surface area (Å²) < 4.78 is 5.44. The van der Waals surface area contributed by atoms with Crippen LogP contribution in [0.25, 0.3) is 0 Å². The van der Waals surface area contributed by atoms with Gasteiger partial charge in [0.1, 0.15) is 5.75 Å². The van der Waals surface area contributed by atoms with Gasteiger partial charge in [-0.1, -0.05) is 37.2 Å². The van der Waals surface area contributed by atoms with Crippen molar-refractivity contribution in [3.8, 4) is 11.8 Å². The monoisotopic (exact) mass is 387 g/mol. The number of hydrogen-bond acceptors (Lipinski definition) is 5. The summed E-state index contributed by atoms with van der Waals surface area (Å²) in [5.41, 5.74) is 1.38. The highest BCUT2D eigenvalue weighted by Gasteiger charge is 2.29. The number of rotatable bonds is 9. The Balaban J connectivity index is 2.13. The maximum Gasteiger partial charge on any atom is 0.230 e. The van der Waals surface area contributed by atoms with E-state index in [1.54, 1.807) is 0 Å². The van der Waals surface area contributed by atoms with Gasteiger partial charge in [-0.3, -0.25) is 9.59 Å². The molecule has 0 aliphatic carbocycles. The molecule has 6 nitrogen and oxygen atoms in total. The summed E-state index contributed by atoms with van der Waals surface area (Å²) in [6, 6.07) is 9.66. The Kier molecular flexibility index (Phi) is 8.21. The van der Waals surface area contributed by atoms with Crippen LogP contribution in [-0.2, 0) is 9.59 Å². The van der Waals surface area contributed by atoms with E-state index in [0.717, 1.165) is 24.2 Å². The second-order valence-corrected chi connectivity index (χ2v) is 7.14. The largest absolute Gasteiger partial charge is 0.494 e. The van der Waals surface area contributed by atoms with Gasteiger partial charge in [-0.25, -0.2) is 0 Å². The van der Waals surface area contributed by atoms with Crippen molar-refractivity contribution in [3.05, 3.63) is 40.4 Å². The molecule has 0 fully saturated rings. The van der Waals surface area contributed by atoms with E-state index in [2.05, 4.69) is 23.6 Å². The van der Waals surface area contributed by atoms with Gasteiger partial charge >= 0.3 is 0 Å². The van der Waals surface area contributed by atoms with Gasteiger partial charge in [0.05, 0.1) is 29.0 Å². The molecule has 0 aromatic heterocycles. The third-order valence-corrected chi connectivity index (χ3v) is 5.17. The van der Waals surface area contributed by atoms with Crippen LogP contribution in [0.5, 0.6) is 5.75 Å². The first-order valence-electron chi connectivity index (χ1n) is 9.15. The molecule has 1 aliphatic heterocycles. The van der Waals surface area contributed by atoms with Crippen LogP contribution in [0.1, 0.15) is 44.6 Å². The Bertz CT molecular complexity index is 738. The van der Waals surface area contributed by atoms with Crippen molar-refractivity contribution in [2.75, 3.05) is 18.9 Å². The fourth-order valence-electron chi connectivity index (χ4n) is 2.77. The van der Waals surface area contributed by atoms with E-state index in [1.807, 2.05) is 31.2 Å². The SMILES string of the molecule is CCCCNC(=O)CSC1=C(C#N)[C@@H](c2ccc(OCC)cc2)CC(=O)N1. The van der Waals surface area contributed by atoms with E-state index in [1.165, 1.54) is 11.8 Å². The first kappa shape index (κ1) is 20.8. The van der Waals surface area contributed by atoms with Crippen molar-refractivity contribution < 1.29 is 14.3 Å². The molecule has 2 rings (SSSR count). The molecule has 27 heavy (non-hydrogen) atoms. The molecule has 0 spiro atoms. The quantitative estimate of drug-likeness (QED) is 0.636. The third kappa shape index (κ3) is 6.04. The summed E-state index contributed by atoms with van der Waals surface area (Å²) in [6.45, 7) is 5.19. The number of unbranched alkanes of at least 4 members (excludes halogenated alkanes) is 1. The Morgan fingerprint density at radius 2 is 2.11 bits per heavy atom. The van der Waals surface area contributed by atoms with Crippen LogP contribution in [0.15, 0.2) is 34.9 Å². The number of carbonyl (C=O) groups is 2. The van der Waals surface area contributed by atoms with E-state index in [0.29, 0.717) is 23.8 Å². The van der Waals surface area contributed by atoms with Crippen LogP contribution < -0.4 is 15.4 Å². The fraction of sp³-hybridized carbons (Fsp3) is 0.450. The maximum absolute atomic E-state index is 12.2. The molecule has 7 heteroatoms. The number of nitrogens with one attached hydrogen (secondary N) is 2.